The molecule has 5 aromatic rings. The Morgan fingerprint density at radius 2 is 1.49 bits per heavy atom. The number of H-pyrrole nitrogens is 2. The summed E-state index contributed by atoms with van der Waals surface area (Å²) in [6.45, 7) is 3.19. The van der Waals surface area contributed by atoms with Crippen LogP contribution in [0.15, 0.2) is 95.9 Å². The molecule has 0 unspecified atom stereocenters. The van der Waals surface area contributed by atoms with Gasteiger partial charge in [0, 0.05) is 54.4 Å². The summed E-state index contributed by atoms with van der Waals surface area (Å²) in [6.07, 6.45) is 1.63. The van der Waals surface area contributed by atoms with Crippen molar-refractivity contribution in [2.24, 2.45) is 0 Å². The maximum absolute atomic E-state index is 13.4. The summed E-state index contributed by atoms with van der Waals surface area (Å²) in [6, 6.07) is 28.0. The van der Waals surface area contributed by atoms with Crippen molar-refractivity contribution >= 4 is 16.8 Å². The second kappa shape index (κ2) is 9.56. The van der Waals surface area contributed by atoms with Crippen LogP contribution in [0.1, 0.15) is 10.4 Å². The molecule has 0 bridgehead atoms. The largest absolute Gasteiger partial charge is 0.354 e. The van der Waals surface area contributed by atoms with E-state index in [9.17, 15) is 9.59 Å². The number of benzene rings is 3. The van der Waals surface area contributed by atoms with Gasteiger partial charge in [-0.3, -0.25) is 9.59 Å². The van der Waals surface area contributed by atoms with Crippen LogP contribution in [0.3, 0.4) is 0 Å². The number of rotatable bonds is 4. The number of hydrogen-bond donors (Lipinski definition) is 2. The molecule has 0 radical (unpaired) electrons. The molecule has 6 nitrogen and oxygen atoms in total. The zero-order valence-corrected chi connectivity index (χ0v) is 20.7. The van der Waals surface area contributed by atoms with Gasteiger partial charge in [0.25, 0.3) is 11.5 Å². The summed E-state index contributed by atoms with van der Waals surface area (Å²) in [5, 5.41) is 0.922. The molecule has 0 atom stereocenters. The first-order valence-corrected chi connectivity index (χ1v) is 12.6. The molecule has 0 saturated carbocycles. The normalized spacial score (nSPS) is 14.2. The standard InChI is InChI=1S/C31H28N4O2/c1-34-16-18-35(19-17-34)31(37)24-13-14-27-26(20-24)28(29(33-27)25-8-5-15-32-30(25)36)23-11-9-22(10-12-23)21-6-3-2-4-7-21/h2-15,20,33H,16-19H2,1H3,(H,32,36). The molecule has 184 valence electrons. The van der Waals surface area contributed by atoms with E-state index in [4.69, 9.17) is 0 Å². The van der Waals surface area contributed by atoms with Gasteiger partial charge in [-0.25, -0.2) is 0 Å². The van der Waals surface area contributed by atoms with Crippen molar-refractivity contribution in [3.05, 3.63) is 107 Å². The van der Waals surface area contributed by atoms with Gasteiger partial charge in [0.15, 0.2) is 0 Å². The predicted molar refractivity (Wildman–Crippen MR) is 149 cm³/mol. The zero-order chi connectivity index (χ0) is 25.4. The Morgan fingerprint density at radius 3 is 2.22 bits per heavy atom. The molecule has 6 rings (SSSR count). The molecule has 3 heterocycles. The number of fused-ring (bicyclic) bond motifs is 1. The van der Waals surface area contributed by atoms with Crippen LogP contribution in [0.5, 0.6) is 0 Å². The van der Waals surface area contributed by atoms with E-state index in [-0.39, 0.29) is 11.5 Å². The monoisotopic (exact) mass is 488 g/mol. The Labute approximate surface area is 215 Å². The van der Waals surface area contributed by atoms with Gasteiger partial charge < -0.3 is 19.8 Å². The summed E-state index contributed by atoms with van der Waals surface area (Å²) >= 11 is 0. The second-order valence-electron chi connectivity index (χ2n) is 9.59. The van der Waals surface area contributed by atoms with Gasteiger partial charge in [0.2, 0.25) is 0 Å². The highest BCUT2D eigenvalue weighted by Crippen LogP contribution is 2.38. The van der Waals surface area contributed by atoms with Crippen LogP contribution < -0.4 is 5.56 Å². The number of aromatic amines is 2. The van der Waals surface area contributed by atoms with Gasteiger partial charge in [-0.15, -0.1) is 0 Å². The fourth-order valence-electron chi connectivity index (χ4n) is 5.10. The summed E-state index contributed by atoms with van der Waals surface area (Å²) in [5.41, 5.74) is 6.85. The van der Waals surface area contributed by atoms with E-state index in [2.05, 4.69) is 58.3 Å². The van der Waals surface area contributed by atoms with Crippen molar-refractivity contribution in [3.8, 4) is 33.5 Å². The van der Waals surface area contributed by atoms with Crippen LogP contribution in [-0.4, -0.2) is 58.9 Å². The fourth-order valence-corrected chi connectivity index (χ4v) is 5.10. The van der Waals surface area contributed by atoms with Gasteiger partial charge in [-0.05, 0) is 54.1 Å². The van der Waals surface area contributed by atoms with Gasteiger partial charge in [-0.2, -0.15) is 0 Å². The number of carbonyl (C=O) groups is 1. The first kappa shape index (κ1) is 23.0. The van der Waals surface area contributed by atoms with E-state index >= 15 is 0 Å². The predicted octanol–water partition coefficient (Wildman–Crippen LogP) is 5.24. The maximum Gasteiger partial charge on any atom is 0.257 e. The van der Waals surface area contributed by atoms with Crippen molar-refractivity contribution < 1.29 is 4.79 Å². The third kappa shape index (κ3) is 4.36. The van der Waals surface area contributed by atoms with Gasteiger partial charge >= 0.3 is 0 Å². The van der Waals surface area contributed by atoms with Crippen molar-refractivity contribution in [2.45, 2.75) is 0 Å². The van der Waals surface area contributed by atoms with Crippen molar-refractivity contribution in [1.82, 2.24) is 19.8 Å². The molecular weight excluding hydrogens is 460 g/mol. The summed E-state index contributed by atoms with van der Waals surface area (Å²) in [5.74, 6) is 0.0423. The number of amides is 1. The first-order valence-electron chi connectivity index (χ1n) is 12.6. The molecule has 2 aromatic heterocycles. The smallest absolute Gasteiger partial charge is 0.257 e. The molecule has 37 heavy (non-hydrogen) atoms. The third-order valence-electron chi connectivity index (χ3n) is 7.20. The van der Waals surface area contributed by atoms with Crippen molar-refractivity contribution in [3.63, 3.8) is 0 Å². The number of nitrogens with one attached hydrogen (secondary N) is 2. The quantitative estimate of drug-likeness (QED) is 0.363. The minimum Gasteiger partial charge on any atom is -0.354 e. The van der Waals surface area contributed by atoms with Crippen LogP contribution in [0.2, 0.25) is 0 Å². The third-order valence-corrected chi connectivity index (χ3v) is 7.20. The highest BCUT2D eigenvalue weighted by atomic mass is 16.2. The fraction of sp³-hybridized carbons (Fsp3) is 0.161. The Kier molecular flexibility index (Phi) is 5.94. The topological polar surface area (TPSA) is 72.2 Å². The van der Waals surface area contributed by atoms with E-state index < -0.39 is 0 Å². The number of aromatic nitrogens is 2. The highest BCUT2D eigenvalue weighted by Gasteiger charge is 2.23. The lowest BCUT2D eigenvalue weighted by Crippen LogP contribution is -2.47. The molecular formula is C31H28N4O2. The van der Waals surface area contributed by atoms with Crippen LogP contribution in [0.25, 0.3) is 44.4 Å². The number of piperazine rings is 1. The Hall–Kier alpha value is -4.42. The van der Waals surface area contributed by atoms with E-state index in [0.29, 0.717) is 11.1 Å². The molecule has 1 amide bonds. The number of likely N-dealkylation sites (N-methyl/N-ethyl adjacent to an activating group) is 1. The van der Waals surface area contributed by atoms with E-state index in [1.54, 1.807) is 6.20 Å². The Balaban J connectivity index is 1.48. The van der Waals surface area contributed by atoms with E-state index in [1.807, 2.05) is 53.4 Å². The Morgan fingerprint density at radius 1 is 0.784 bits per heavy atom. The highest BCUT2D eigenvalue weighted by molar-refractivity contribution is 6.07. The molecule has 0 spiro atoms. The molecule has 2 N–H and O–H groups in total. The first-order chi connectivity index (χ1) is 18.1. The molecule has 1 fully saturated rings. The van der Waals surface area contributed by atoms with E-state index in [1.165, 1.54) is 0 Å². The maximum atomic E-state index is 13.4. The number of hydrogen-bond acceptors (Lipinski definition) is 3. The molecule has 0 aliphatic carbocycles. The average Bonchev–Trinajstić information content (AvgIpc) is 3.32. The van der Waals surface area contributed by atoms with Crippen LogP contribution in [-0.2, 0) is 0 Å². The van der Waals surface area contributed by atoms with Crippen LogP contribution in [0.4, 0.5) is 0 Å². The van der Waals surface area contributed by atoms with Gasteiger partial charge in [0.1, 0.15) is 0 Å². The van der Waals surface area contributed by atoms with Crippen LogP contribution >= 0.6 is 0 Å². The lowest BCUT2D eigenvalue weighted by atomic mass is 9.95. The van der Waals surface area contributed by atoms with Crippen molar-refractivity contribution in [2.75, 3.05) is 33.2 Å². The zero-order valence-electron chi connectivity index (χ0n) is 20.7. The summed E-state index contributed by atoms with van der Waals surface area (Å²) in [7, 11) is 2.08. The molecule has 6 heteroatoms. The number of carbonyl (C=O) groups excluding carboxylic acids is 1. The average molecular weight is 489 g/mol. The van der Waals surface area contributed by atoms with E-state index in [0.717, 1.165) is 65.0 Å². The molecule has 1 aliphatic heterocycles. The Bertz CT molecular complexity index is 1630. The summed E-state index contributed by atoms with van der Waals surface area (Å²) < 4.78 is 0. The lowest BCUT2D eigenvalue weighted by Gasteiger charge is -2.32. The van der Waals surface area contributed by atoms with Gasteiger partial charge in [-0.1, -0.05) is 54.6 Å². The van der Waals surface area contributed by atoms with Crippen molar-refractivity contribution in [1.29, 1.82) is 0 Å². The molecule has 1 aliphatic rings. The number of pyridine rings is 1. The second-order valence-corrected chi connectivity index (χ2v) is 9.59. The lowest BCUT2D eigenvalue weighted by molar-refractivity contribution is 0.0664. The molecule has 3 aromatic carbocycles. The van der Waals surface area contributed by atoms with Gasteiger partial charge in [0.05, 0.1) is 11.3 Å². The summed E-state index contributed by atoms with van der Waals surface area (Å²) in [4.78, 5) is 36.6. The minimum absolute atomic E-state index is 0.0423. The van der Waals surface area contributed by atoms with Crippen LogP contribution in [0, 0.1) is 0 Å². The number of nitrogens with zero attached hydrogens (tertiary/aromatic N) is 2. The molecule has 1 saturated heterocycles. The minimum atomic E-state index is -0.162. The SMILES string of the molecule is CN1CCN(C(=O)c2ccc3[nH]c(-c4ccc[nH]c4=O)c(-c4ccc(-c5ccccc5)cc4)c3c2)CC1.